The predicted molar refractivity (Wildman–Crippen MR) is 122 cm³/mol. The van der Waals surface area contributed by atoms with Gasteiger partial charge in [0.25, 0.3) is 0 Å². The molecule has 4 rings (SSSR count). The van der Waals surface area contributed by atoms with Gasteiger partial charge in [0, 0.05) is 48.2 Å². The van der Waals surface area contributed by atoms with Crippen LogP contribution in [0.3, 0.4) is 0 Å². The smallest absolute Gasteiger partial charge is 0.186 e. The molecule has 2 heterocycles. The molecular weight excluding hydrogens is 435 g/mol. The van der Waals surface area contributed by atoms with Crippen LogP contribution < -0.4 is 21.9 Å². The monoisotopic (exact) mass is 457 g/mol. The molecule has 4 N–H and O–H groups in total. The summed E-state index contributed by atoms with van der Waals surface area (Å²) < 4.78 is 36.0. The Hall–Kier alpha value is -3.20. The summed E-state index contributed by atoms with van der Waals surface area (Å²) >= 11 is 0. The van der Waals surface area contributed by atoms with Gasteiger partial charge in [-0.05, 0) is 24.9 Å². The standard InChI is InChI=1S/C21H22F2N7OP/c1-29-10-14-6-13(15(22)8-17(14)28-29)11-30(25)21-20(24)26-9-18(27-21)12-4-5-19(16(23)7-12)32(3)31-2/h4-10H,11,25H2,1-3H3,(H2,24,26). The lowest BCUT2D eigenvalue weighted by atomic mass is 10.1. The maximum absolute atomic E-state index is 14.6. The van der Waals surface area contributed by atoms with E-state index >= 15 is 0 Å². The van der Waals surface area contributed by atoms with Crippen LogP contribution in [0.1, 0.15) is 5.56 Å². The molecule has 0 amide bonds. The number of hydrogen-bond acceptors (Lipinski definition) is 7. The first-order chi connectivity index (χ1) is 15.3. The summed E-state index contributed by atoms with van der Waals surface area (Å²) in [6.07, 6.45) is 3.23. The molecule has 0 aliphatic rings. The average Bonchev–Trinajstić information content (AvgIpc) is 3.12. The SMILES string of the molecule is COP(C)c1ccc(-c2cnc(N)c(N(N)Cc3cc4cn(C)nc4cc3F)n2)cc1F. The second kappa shape index (κ2) is 8.74. The third-order valence-electron chi connectivity index (χ3n) is 5.04. The van der Waals surface area contributed by atoms with Crippen LogP contribution in [-0.2, 0) is 18.1 Å². The first kappa shape index (κ1) is 22.0. The highest BCUT2D eigenvalue weighted by Crippen LogP contribution is 2.32. The zero-order valence-corrected chi connectivity index (χ0v) is 18.6. The van der Waals surface area contributed by atoms with Gasteiger partial charge in [-0.1, -0.05) is 6.07 Å². The Labute approximate surface area is 184 Å². The minimum absolute atomic E-state index is 0.000265. The van der Waals surface area contributed by atoms with Crippen LogP contribution in [0.2, 0.25) is 0 Å². The van der Waals surface area contributed by atoms with Crippen LogP contribution in [0.5, 0.6) is 0 Å². The fourth-order valence-electron chi connectivity index (χ4n) is 3.36. The van der Waals surface area contributed by atoms with E-state index in [0.29, 0.717) is 27.6 Å². The Morgan fingerprint density at radius 1 is 1.19 bits per heavy atom. The number of nitrogens with two attached hydrogens (primary N) is 2. The number of anilines is 2. The Morgan fingerprint density at radius 3 is 2.69 bits per heavy atom. The van der Waals surface area contributed by atoms with E-state index in [1.54, 1.807) is 43.2 Å². The number of fused-ring (bicyclic) bond motifs is 1. The van der Waals surface area contributed by atoms with Gasteiger partial charge in [-0.3, -0.25) is 9.69 Å². The summed E-state index contributed by atoms with van der Waals surface area (Å²) in [5.41, 5.74) is 7.77. The van der Waals surface area contributed by atoms with E-state index in [9.17, 15) is 8.78 Å². The molecule has 2 aromatic carbocycles. The number of hydrogen-bond donors (Lipinski definition) is 2. The molecule has 166 valence electrons. The van der Waals surface area contributed by atoms with Crippen LogP contribution in [0, 0.1) is 11.6 Å². The van der Waals surface area contributed by atoms with E-state index < -0.39 is 19.8 Å². The third kappa shape index (κ3) is 4.25. The van der Waals surface area contributed by atoms with Crippen molar-refractivity contribution in [2.45, 2.75) is 6.54 Å². The molecule has 0 saturated carbocycles. The van der Waals surface area contributed by atoms with Crippen molar-refractivity contribution >= 4 is 36.0 Å². The van der Waals surface area contributed by atoms with Crippen LogP contribution >= 0.6 is 8.15 Å². The Morgan fingerprint density at radius 2 is 1.97 bits per heavy atom. The van der Waals surface area contributed by atoms with Crippen molar-refractivity contribution in [3.63, 3.8) is 0 Å². The largest absolute Gasteiger partial charge is 0.381 e. The van der Waals surface area contributed by atoms with Crippen molar-refractivity contribution in [2.24, 2.45) is 12.9 Å². The van der Waals surface area contributed by atoms with Gasteiger partial charge in [0.15, 0.2) is 11.6 Å². The summed E-state index contributed by atoms with van der Waals surface area (Å²) in [4.78, 5) is 8.59. The molecule has 11 heteroatoms. The Kier molecular flexibility index (Phi) is 6.01. The normalized spacial score (nSPS) is 12.3. The molecule has 0 radical (unpaired) electrons. The maximum Gasteiger partial charge on any atom is 0.186 e. The molecule has 4 aromatic rings. The molecule has 8 nitrogen and oxygen atoms in total. The zero-order valence-electron chi connectivity index (χ0n) is 17.8. The average molecular weight is 457 g/mol. The molecule has 1 atom stereocenters. The third-order valence-corrected chi connectivity index (χ3v) is 6.63. The number of rotatable bonds is 6. The summed E-state index contributed by atoms with van der Waals surface area (Å²) in [5, 5.41) is 6.69. The minimum Gasteiger partial charge on any atom is -0.381 e. The van der Waals surface area contributed by atoms with E-state index in [1.165, 1.54) is 23.3 Å². The van der Waals surface area contributed by atoms with Crippen LogP contribution in [0.15, 0.2) is 42.7 Å². The molecule has 0 fully saturated rings. The molecule has 0 saturated heterocycles. The van der Waals surface area contributed by atoms with Crippen molar-refractivity contribution in [2.75, 3.05) is 24.5 Å². The van der Waals surface area contributed by atoms with Crippen molar-refractivity contribution < 1.29 is 13.3 Å². The van der Waals surface area contributed by atoms with Crippen LogP contribution in [0.25, 0.3) is 22.2 Å². The van der Waals surface area contributed by atoms with E-state index in [1.807, 2.05) is 6.66 Å². The lowest BCUT2D eigenvalue weighted by Crippen LogP contribution is -2.32. The fourth-order valence-corrected chi connectivity index (χ4v) is 4.20. The topological polar surface area (TPSA) is 108 Å². The molecule has 0 aliphatic carbocycles. The van der Waals surface area contributed by atoms with Gasteiger partial charge in [-0.15, -0.1) is 0 Å². The minimum atomic E-state index is -1.04. The Bertz CT molecular complexity index is 1300. The first-order valence-electron chi connectivity index (χ1n) is 9.61. The highest BCUT2D eigenvalue weighted by Gasteiger charge is 2.17. The maximum atomic E-state index is 14.6. The highest BCUT2D eigenvalue weighted by molar-refractivity contribution is 7.60. The Balaban J connectivity index is 1.64. The van der Waals surface area contributed by atoms with Gasteiger partial charge < -0.3 is 10.3 Å². The molecule has 32 heavy (non-hydrogen) atoms. The lowest BCUT2D eigenvalue weighted by Gasteiger charge is -2.20. The zero-order chi connectivity index (χ0) is 23.0. The van der Waals surface area contributed by atoms with E-state index in [0.717, 1.165) is 5.39 Å². The molecule has 1 unspecified atom stereocenters. The molecule has 0 aliphatic heterocycles. The molecule has 0 bridgehead atoms. The summed E-state index contributed by atoms with van der Waals surface area (Å²) in [6, 6.07) is 7.80. The number of benzene rings is 2. The number of aryl methyl sites for hydroxylation is 1. The highest BCUT2D eigenvalue weighted by atomic mass is 31.1. The first-order valence-corrected chi connectivity index (χ1v) is 11.3. The molecular formula is C21H22F2N7OP. The summed E-state index contributed by atoms with van der Waals surface area (Å²) in [5.74, 6) is 5.58. The summed E-state index contributed by atoms with van der Waals surface area (Å²) in [6.45, 7) is 1.82. The quantitative estimate of drug-likeness (QED) is 0.260. The van der Waals surface area contributed by atoms with Gasteiger partial charge in [-0.25, -0.2) is 24.6 Å². The second-order valence-corrected chi connectivity index (χ2v) is 9.09. The van der Waals surface area contributed by atoms with Crippen LogP contribution in [-0.4, -0.2) is 33.5 Å². The lowest BCUT2D eigenvalue weighted by molar-refractivity contribution is 0.470. The van der Waals surface area contributed by atoms with Crippen molar-refractivity contribution in [3.8, 4) is 11.3 Å². The van der Waals surface area contributed by atoms with Gasteiger partial charge in [0.05, 0.1) is 32.1 Å². The van der Waals surface area contributed by atoms with Gasteiger partial charge in [-0.2, -0.15) is 5.10 Å². The molecule has 2 aromatic heterocycles. The molecule has 0 spiro atoms. The number of nitrogens with zero attached hydrogens (tertiary/aromatic N) is 5. The van der Waals surface area contributed by atoms with E-state index in [2.05, 4.69) is 15.1 Å². The van der Waals surface area contributed by atoms with E-state index in [4.69, 9.17) is 16.1 Å². The number of aromatic nitrogens is 4. The number of hydrazine groups is 1. The van der Waals surface area contributed by atoms with Gasteiger partial charge >= 0.3 is 0 Å². The van der Waals surface area contributed by atoms with Crippen LogP contribution in [0.4, 0.5) is 20.4 Å². The van der Waals surface area contributed by atoms with Gasteiger partial charge in [0.1, 0.15) is 11.6 Å². The van der Waals surface area contributed by atoms with E-state index in [-0.39, 0.29) is 18.2 Å². The summed E-state index contributed by atoms with van der Waals surface area (Å²) in [7, 11) is 2.27. The van der Waals surface area contributed by atoms with Crippen molar-refractivity contribution in [3.05, 3.63) is 59.9 Å². The van der Waals surface area contributed by atoms with Crippen molar-refractivity contribution in [1.29, 1.82) is 0 Å². The number of nitrogen functional groups attached to an aromatic ring is 1. The number of halogens is 2. The fraction of sp³-hybridized carbons (Fsp3) is 0.190. The second-order valence-electron chi connectivity index (χ2n) is 7.24. The van der Waals surface area contributed by atoms with Gasteiger partial charge in [0.2, 0.25) is 0 Å². The predicted octanol–water partition coefficient (Wildman–Crippen LogP) is 3.07. The van der Waals surface area contributed by atoms with Crippen molar-refractivity contribution in [1.82, 2.24) is 19.7 Å².